The van der Waals surface area contributed by atoms with Crippen molar-refractivity contribution in [3.8, 4) is 50.9 Å². The van der Waals surface area contributed by atoms with Crippen LogP contribution in [-0.2, 0) is 27.1 Å². The highest BCUT2D eigenvalue weighted by molar-refractivity contribution is 6.27. The Kier molecular flexibility index (Phi) is 13.1. The summed E-state index contributed by atoms with van der Waals surface area (Å²) < 4.78 is 16.7. The Hall–Kier alpha value is -10.6. The van der Waals surface area contributed by atoms with Crippen molar-refractivity contribution in [3.63, 3.8) is 0 Å². The second kappa shape index (κ2) is 21.5. The van der Waals surface area contributed by atoms with Crippen molar-refractivity contribution in [1.82, 2.24) is 18.5 Å². The number of pyridine rings is 1. The van der Waals surface area contributed by atoms with Gasteiger partial charge in [0.25, 0.3) is 6.33 Å². The quantitative estimate of drug-likeness (QED) is 0.118. The number of imidazole rings is 1. The molecule has 0 aliphatic heterocycles. The van der Waals surface area contributed by atoms with Crippen LogP contribution < -0.4 is 9.30 Å². The number of ether oxygens (including phenoxy) is 1. The van der Waals surface area contributed by atoms with Crippen molar-refractivity contribution in [3.05, 3.63) is 277 Å². The maximum atomic E-state index is 7.19. The monoisotopic (exact) mass is 1270 g/mol. The molecule has 0 saturated heterocycles. The number of hydrogen-bond acceptors (Lipinski definition) is 2. The molecule has 0 unspecified atom stereocenters. The van der Waals surface area contributed by atoms with E-state index in [2.05, 4.69) is 337 Å². The summed E-state index contributed by atoms with van der Waals surface area (Å²) in [4.78, 5) is 5.25. The van der Waals surface area contributed by atoms with E-state index in [0.717, 1.165) is 85.0 Å². The highest BCUT2D eigenvalue weighted by Crippen LogP contribution is 2.51. The van der Waals surface area contributed by atoms with Gasteiger partial charge in [-0.1, -0.05) is 246 Å². The topological polar surface area (TPSA) is 40.3 Å². The third-order valence-corrected chi connectivity index (χ3v) is 22.8. The van der Waals surface area contributed by atoms with Crippen LogP contribution in [0, 0.1) is 6.33 Å². The number of nitrogens with zero attached hydrogens (tertiary/aromatic N) is 5. The number of benzene rings is 11. The summed E-state index contributed by atoms with van der Waals surface area (Å²) in [5.74, 6) is 2.29. The molecule has 0 fully saturated rings. The van der Waals surface area contributed by atoms with Crippen molar-refractivity contribution >= 4 is 92.5 Å². The fraction of sp³-hybridized carbons (Fsp3) is 0.217. The highest BCUT2D eigenvalue weighted by atomic mass is 16.5. The van der Waals surface area contributed by atoms with E-state index in [1.807, 2.05) is 6.20 Å². The molecule has 5 heterocycles. The van der Waals surface area contributed by atoms with E-state index in [0.29, 0.717) is 5.75 Å². The summed E-state index contributed by atoms with van der Waals surface area (Å²) in [6.07, 6.45) is 10.6. The first kappa shape index (κ1) is 59.9. The maximum absolute atomic E-state index is 7.19. The molecule has 5 aromatic heterocycles. The minimum atomic E-state index is -0.123. The molecule has 0 N–H and O–H groups in total. The summed E-state index contributed by atoms with van der Waals surface area (Å²) in [6, 6.07) is 88.4. The van der Waals surface area contributed by atoms with Gasteiger partial charge in [-0.15, -0.1) is 0 Å². The fourth-order valence-electron chi connectivity index (χ4n) is 17.1. The zero-order valence-corrected chi connectivity index (χ0v) is 58.1. The SMILES string of the molecule is CC(C)(C)c1ccnc(-n2c3cc(Oc4cccc(-n5[c-][n+](-c6c(-c7ccc8c(c7)C(C)(C)CCC8(C)C)cccc6-c6ccc7c(c6)C(C)(C)CCC7(C)C)c6ccccc65)c4)ccc3c3cc4c5ccccc5c5ccccc5c5cccc6c7ccccc7n(c4cc32)c56)c1. The molecular formula is C92H81N5O. The van der Waals surface area contributed by atoms with E-state index in [1.165, 1.54) is 106 Å². The normalized spacial score (nSPS) is 15.7. The van der Waals surface area contributed by atoms with Gasteiger partial charge in [0.15, 0.2) is 0 Å². The maximum Gasteiger partial charge on any atom is 0.269 e. The van der Waals surface area contributed by atoms with Crippen LogP contribution in [0.2, 0.25) is 0 Å². The number of para-hydroxylation sites is 5. The van der Waals surface area contributed by atoms with E-state index in [-0.39, 0.29) is 27.1 Å². The Labute approximate surface area is 573 Å². The van der Waals surface area contributed by atoms with E-state index in [9.17, 15) is 0 Å². The van der Waals surface area contributed by atoms with Crippen LogP contribution in [0.4, 0.5) is 0 Å². The molecule has 480 valence electrons. The molecule has 0 amide bonds. The third kappa shape index (κ3) is 9.26. The van der Waals surface area contributed by atoms with Crippen LogP contribution in [0.5, 0.6) is 11.5 Å². The van der Waals surface area contributed by atoms with Crippen molar-refractivity contribution in [2.75, 3.05) is 0 Å². The van der Waals surface area contributed by atoms with Gasteiger partial charge in [0.2, 0.25) is 0 Å². The fourth-order valence-corrected chi connectivity index (χ4v) is 17.1. The largest absolute Gasteiger partial charge is 0.458 e. The van der Waals surface area contributed by atoms with E-state index < -0.39 is 0 Å². The molecule has 6 heteroatoms. The lowest BCUT2D eigenvalue weighted by atomic mass is 9.62. The zero-order chi connectivity index (χ0) is 66.9. The second-order valence-corrected chi connectivity index (χ2v) is 31.8. The van der Waals surface area contributed by atoms with Crippen LogP contribution in [0.15, 0.2) is 243 Å². The summed E-state index contributed by atoms with van der Waals surface area (Å²) in [7, 11) is 0. The summed E-state index contributed by atoms with van der Waals surface area (Å²) >= 11 is 0. The van der Waals surface area contributed by atoms with Crippen LogP contribution in [0.1, 0.15) is 130 Å². The average molecular weight is 1270 g/mol. The lowest BCUT2D eigenvalue weighted by Gasteiger charge is -2.42. The molecule has 11 aromatic carbocycles. The van der Waals surface area contributed by atoms with E-state index in [1.54, 1.807) is 0 Å². The summed E-state index contributed by atoms with van der Waals surface area (Å²) in [5.41, 5.74) is 21.6. The van der Waals surface area contributed by atoms with Gasteiger partial charge in [-0.25, -0.2) is 4.98 Å². The predicted octanol–water partition coefficient (Wildman–Crippen LogP) is 23.9. The van der Waals surface area contributed by atoms with Crippen molar-refractivity contribution in [2.24, 2.45) is 0 Å². The Morgan fingerprint density at radius 3 is 1.54 bits per heavy atom. The van der Waals surface area contributed by atoms with E-state index >= 15 is 0 Å². The molecule has 98 heavy (non-hydrogen) atoms. The Balaban J connectivity index is 0.827. The van der Waals surface area contributed by atoms with Crippen LogP contribution in [0.25, 0.3) is 132 Å². The Morgan fingerprint density at radius 2 is 0.898 bits per heavy atom. The van der Waals surface area contributed by atoms with Gasteiger partial charge in [-0.2, -0.15) is 0 Å². The number of aromatic nitrogens is 5. The number of fused-ring (bicyclic) bond motifs is 16. The first-order chi connectivity index (χ1) is 47.2. The Morgan fingerprint density at radius 1 is 0.398 bits per heavy atom. The van der Waals surface area contributed by atoms with Crippen LogP contribution in [-0.4, -0.2) is 18.5 Å². The predicted molar refractivity (Wildman–Crippen MR) is 410 cm³/mol. The van der Waals surface area contributed by atoms with Crippen molar-refractivity contribution in [2.45, 2.75) is 129 Å². The molecule has 0 saturated carbocycles. The second-order valence-electron chi connectivity index (χ2n) is 31.8. The molecule has 0 radical (unpaired) electrons. The van der Waals surface area contributed by atoms with Crippen molar-refractivity contribution < 1.29 is 9.30 Å². The average Bonchev–Trinajstić information content (AvgIpc) is 1.51. The molecule has 2 aliphatic rings. The van der Waals surface area contributed by atoms with E-state index in [4.69, 9.17) is 9.72 Å². The zero-order valence-electron chi connectivity index (χ0n) is 58.1. The summed E-state index contributed by atoms with van der Waals surface area (Å²) in [5, 5.41) is 11.8. The lowest BCUT2D eigenvalue weighted by molar-refractivity contribution is -0.571. The highest BCUT2D eigenvalue weighted by Gasteiger charge is 2.39. The first-order valence-electron chi connectivity index (χ1n) is 35.2. The molecular weight excluding hydrogens is 1190 g/mol. The van der Waals surface area contributed by atoms with Gasteiger partial charge in [0, 0.05) is 44.6 Å². The van der Waals surface area contributed by atoms with Crippen molar-refractivity contribution in [1.29, 1.82) is 0 Å². The lowest BCUT2D eigenvalue weighted by Crippen LogP contribution is -2.34. The Bertz CT molecular complexity index is 5990. The molecule has 6 nitrogen and oxygen atoms in total. The van der Waals surface area contributed by atoms with Gasteiger partial charge < -0.3 is 9.14 Å². The van der Waals surface area contributed by atoms with Gasteiger partial charge in [0.05, 0.1) is 50.0 Å². The van der Waals surface area contributed by atoms with Crippen LogP contribution in [0.3, 0.4) is 0 Å². The van der Waals surface area contributed by atoms with Gasteiger partial charge >= 0.3 is 0 Å². The smallest absolute Gasteiger partial charge is 0.269 e. The molecule has 0 bridgehead atoms. The third-order valence-electron chi connectivity index (χ3n) is 22.8. The minimum Gasteiger partial charge on any atom is -0.458 e. The number of hydrogen-bond donors (Lipinski definition) is 0. The molecule has 0 atom stereocenters. The van der Waals surface area contributed by atoms with Crippen LogP contribution >= 0.6 is 0 Å². The first-order valence-corrected chi connectivity index (χ1v) is 35.2. The van der Waals surface area contributed by atoms with Gasteiger partial charge in [0.1, 0.15) is 17.3 Å². The van der Waals surface area contributed by atoms with Gasteiger partial charge in [-0.3, -0.25) is 13.7 Å². The molecule has 2 aliphatic carbocycles. The molecule has 18 rings (SSSR count). The number of rotatable bonds is 7. The molecule has 0 spiro atoms. The molecule has 16 aromatic rings. The standard InChI is InChI=1S/C92H81N5O/c1-88(2,3)59-43-48-93-85(51-59)96-82-53-62(39-40-70(82)74-54-73-68-28-15-13-26-66(68)65-25-12-14-27-67(65)71-32-22-33-72-69-29-16-17-34-79(69)97(87(71)72)84(73)55-83(74)96)98-61-24-20-23-60(52-61)94-56-95(81-36-19-18-35-80(81)94)86-63(57-37-41-75-77(49-57)91(8,9)46-44-89(75,4)5)30-21-31-64(86)58-38-42-76-78(50-58)92(10,11)47-45-90(76,6)7/h12-43,48-55H,44-47H2,1-11H3. The summed E-state index contributed by atoms with van der Waals surface area (Å²) in [6.45, 7) is 26.2. The minimum absolute atomic E-state index is 0.0398. The van der Waals surface area contributed by atoms with Gasteiger partial charge in [-0.05, 0) is 185 Å².